The second-order valence-corrected chi connectivity index (χ2v) is 9.34. The number of amides is 1. The zero-order chi connectivity index (χ0) is 26.7. The number of hydrogen-bond acceptors (Lipinski definition) is 7. The summed E-state index contributed by atoms with van der Waals surface area (Å²) in [5.74, 6) is -1.74. The van der Waals surface area contributed by atoms with Gasteiger partial charge in [0.1, 0.15) is 0 Å². The number of methoxy groups -OCH3 is 2. The number of benzene rings is 1. The Bertz CT molecular complexity index is 920. The van der Waals surface area contributed by atoms with Crippen LogP contribution in [0.1, 0.15) is 56.9 Å². The number of ether oxygens (including phenoxy) is 2. The highest BCUT2D eigenvalue weighted by Gasteiger charge is 2.41. The lowest BCUT2D eigenvalue weighted by atomic mass is 9.73. The number of carboxylic acids is 2. The first-order valence-corrected chi connectivity index (χ1v) is 12.4. The van der Waals surface area contributed by atoms with Crippen LogP contribution >= 0.6 is 0 Å². The summed E-state index contributed by atoms with van der Waals surface area (Å²) in [5.41, 5.74) is 2.07. The highest BCUT2D eigenvalue weighted by molar-refractivity contribution is 6.27. The van der Waals surface area contributed by atoms with E-state index in [-0.39, 0.29) is 17.7 Å². The molecule has 0 bridgehead atoms. The van der Waals surface area contributed by atoms with Crippen molar-refractivity contribution in [2.45, 2.75) is 51.4 Å². The van der Waals surface area contributed by atoms with E-state index in [1.165, 1.54) is 12.8 Å². The van der Waals surface area contributed by atoms with Crippen molar-refractivity contribution in [2.24, 2.45) is 16.9 Å². The Morgan fingerprint density at radius 2 is 1.58 bits per heavy atom. The SMILES string of the molecule is COc1ccc(C2=NN(CCCCCCN(C)C)C(=O)C3CCCCC23)cc1OC.O=C(O)C(=O)O. The van der Waals surface area contributed by atoms with Crippen LogP contribution in [0.15, 0.2) is 23.3 Å². The molecule has 1 aliphatic carbocycles. The molecule has 0 aromatic heterocycles. The summed E-state index contributed by atoms with van der Waals surface area (Å²) in [6.07, 6.45) is 8.81. The third-order valence-electron chi connectivity index (χ3n) is 6.50. The third kappa shape index (κ3) is 8.22. The Hall–Kier alpha value is -3.14. The van der Waals surface area contributed by atoms with E-state index in [0.717, 1.165) is 56.3 Å². The predicted molar refractivity (Wildman–Crippen MR) is 136 cm³/mol. The monoisotopic (exact) mass is 505 g/mol. The fraction of sp³-hybridized carbons (Fsp3) is 0.615. The van der Waals surface area contributed by atoms with Crippen molar-refractivity contribution in [3.63, 3.8) is 0 Å². The second kappa shape index (κ2) is 14.4. The lowest BCUT2D eigenvalue weighted by molar-refractivity contribution is -0.159. The molecule has 10 heteroatoms. The number of fused-ring (bicyclic) bond motifs is 1. The van der Waals surface area contributed by atoms with Gasteiger partial charge in [-0.3, -0.25) is 4.79 Å². The van der Waals surface area contributed by atoms with E-state index in [1.54, 1.807) is 19.2 Å². The summed E-state index contributed by atoms with van der Waals surface area (Å²) in [7, 11) is 7.51. The van der Waals surface area contributed by atoms with Crippen molar-refractivity contribution in [1.82, 2.24) is 9.91 Å². The van der Waals surface area contributed by atoms with E-state index in [2.05, 4.69) is 19.0 Å². The maximum atomic E-state index is 13.1. The number of hydrogen-bond donors (Lipinski definition) is 2. The molecule has 1 aromatic carbocycles. The normalized spacial score (nSPS) is 19.1. The number of rotatable bonds is 10. The van der Waals surface area contributed by atoms with Crippen LogP contribution in [0.3, 0.4) is 0 Å². The van der Waals surface area contributed by atoms with Gasteiger partial charge < -0.3 is 24.6 Å². The van der Waals surface area contributed by atoms with Crippen molar-refractivity contribution >= 4 is 23.6 Å². The van der Waals surface area contributed by atoms with Crippen LogP contribution in [0.25, 0.3) is 0 Å². The van der Waals surface area contributed by atoms with Crippen LogP contribution in [0.2, 0.25) is 0 Å². The summed E-state index contributed by atoms with van der Waals surface area (Å²) in [6, 6.07) is 5.97. The van der Waals surface area contributed by atoms with Crippen LogP contribution in [0.5, 0.6) is 11.5 Å². The van der Waals surface area contributed by atoms with Crippen LogP contribution in [0, 0.1) is 11.8 Å². The van der Waals surface area contributed by atoms with Gasteiger partial charge >= 0.3 is 11.9 Å². The van der Waals surface area contributed by atoms with Crippen LogP contribution < -0.4 is 9.47 Å². The average molecular weight is 506 g/mol. The lowest BCUT2D eigenvalue weighted by Gasteiger charge is -2.38. The molecule has 1 aromatic rings. The molecule has 1 amide bonds. The van der Waals surface area contributed by atoms with Gasteiger partial charge in [0.25, 0.3) is 0 Å². The number of unbranched alkanes of at least 4 members (excludes halogenated alkanes) is 3. The van der Waals surface area contributed by atoms with Crippen molar-refractivity contribution in [1.29, 1.82) is 0 Å². The molecule has 1 heterocycles. The Kier molecular flexibility index (Phi) is 11.7. The topological polar surface area (TPSA) is 129 Å². The molecule has 0 saturated heterocycles. The smallest absolute Gasteiger partial charge is 0.414 e. The molecule has 10 nitrogen and oxygen atoms in total. The van der Waals surface area contributed by atoms with Crippen LogP contribution in [-0.2, 0) is 14.4 Å². The van der Waals surface area contributed by atoms with E-state index in [1.807, 2.05) is 18.2 Å². The zero-order valence-electron chi connectivity index (χ0n) is 21.7. The van der Waals surface area contributed by atoms with Crippen LogP contribution in [-0.4, -0.2) is 85.1 Å². The zero-order valence-corrected chi connectivity index (χ0v) is 21.7. The molecule has 2 atom stereocenters. The Labute approximate surface area is 212 Å². The molecule has 2 unspecified atom stereocenters. The van der Waals surface area contributed by atoms with E-state index in [9.17, 15) is 4.79 Å². The van der Waals surface area contributed by atoms with Gasteiger partial charge in [-0.1, -0.05) is 25.7 Å². The van der Waals surface area contributed by atoms with E-state index in [4.69, 9.17) is 34.4 Å². The average Bonchev–Trinajstić information content (AvgIpc) is 2.87. The first-order valence-electron chi connectivity index (χ1n) is 12.4. The Morgan fingerprint density at radius 1 is 0.972 bits per heavy atom. The quantitative estimate of drug-likeness (QED) is 0.366. The van der Waals surface area contributed by atoms with Gasteiger partial charge in [-0.25, -0.2) is 14.6 Å². The molecular formula is C26H39N3O7. The molecule has 2 aliphatic rings. The summed E-state index contributed by atoms with van der Waals surface area (Å²) < 4.78 is 10.9. The Morgan fingerprint density at radius 3 is 2.17 bits per heavy atom. The molecule has 1 fully saturated rings. The van der Waals surface area contributed by atoms with Crippen LogP contribution in [0.4, 0.5) is 0 Å². The number of carboxylic acid groups (broad SMARTS) is 2. The maximum Gasteiger partial charge on any atom is 0.414 e. The van der Waals surface area contributed by atoms with Gasteiger partial charge in [0, 0.05) is 23.9 Å². The first kappa shape index (κ1) is 29.1. The lowest BCUT2D eigenvalue weighted by Crippen LogP contribution is -2.46. The molecule has 36 heavy (non-hydrogen) atoms. The minimum Gasteiger partial charge on any atom is -0.493 e. The van der Waals surface area contributed by atoms with E-state index in [0.29, 0.717) is 18.0 Å². The molecule has 200 valence electrons. The number of carbonyl (C=O) groups is 3. The highest BCUT2D eigenvalue weighted by atomic mass is 16.5. The summed E-state index contributed by atoms with van der Waals surface area (Å²) in [6.45, 7) is 1.83. The fourth-order valence-electron chi connectivity index (χ4n) is 4.67. The second-order valence-electron chi connectivity index (χ2n) is 9.34. The van der Waals surface area contributed by atoms with Gasteiger partial charge in [0.05, 0.1) is 19.9 Å². The number of carbonyl (C=O) groups excluding carboxylic acids is 1. The maximum absolute atomic E-state index is 13.1. The minimum atomic E-state index is -1.82. The molecule has 0 spiro atoms. The van der Waals surface area contributed by atoms with Crippen molar-refractivity contribution in [3.05, 3.63) is 23.8 Å². The molecule has 2 N–H and O–H groups in total. The predicted octanol–water partition coefficient (Wildman–Crippen LogP) is 3.33. The van der Waals surface area contributed by atoms with Gasteiger partial charge in [-0.05, 0) is 64.5 Å². The first-order chi connectivity index (χ1) is 17.2. The summed E-state index contributed by atoms with van der Waals surface area (Å²) in [4.78, 5) is 33.6. The van der Waals surface area contributed by atoms with Gasteiger partial charge in [0.2, 0.25) is 5.91 Å². The number of aliphatic carboxylic acids is 2. The summed E-state index contributed by atoms with van der Waals surface area (Å²) in [5, 5.41) is 21.4. The number of nitrogens with zero attached hydrogens (tertiary/aromatic N) is 3. The van der Waals surface area contributed by atoms with Crippen molar-refractivity contribution in [3.8, 4) is 11.5 Å². The van der Waals surface area contributed by atoms with Gasteiger partial charge in [0.15, 0.2) is 11.5 Å². The Balaban J connectivity index is 0.000000678. The third-order valence-corrected chi connectivity index (χ3v) is 6.50. The molecule has 0 radical (unpaired) electrons. The fourth-order valence-corrected chi connectivity index (χ4v) is 4.67. The van der Waals surface area contributed by atoms with Gasteiger partial charge in [-0.15, -0.1) is 0 Å². The van der Waals surface area contributed by atoms with E-state index < -0.39 is 11.9 Å². The highest BCUT2D eigenvalue weighted by Crippen LogP contribution is 2.39. The standard InChI is InChI=1S/C24H37N3O3.C2H2O4/c1-26(2)15-9-5-6-10-16-27-24(28)20-12-8-7-11-19(20)23(25-27)18-13-14-21(29-3)22(17-18)30-4;3-1(4)2(5)6/h13-14,17,19-20H,5-12,15-16H2,1-4H3;(H,3,4)(H,5,6). The minimum absolute atomic E-state index is 0.0630. The largest absolute Gasteiger partial charge is 0.493 e. The van der Waals surface area contributed by atoms with Crippen molar-refractivity contribution < 1.29 is 34.1 Å². The van der Waals surface area contributed by atoms with E-state index >= 15 is 0 Å². The van der Waals surface area contributed by atoms with Crippen molar-refractivity contribution in [2.75, 3.05) is 41.4 Å². The summed E-state index contributed by atoms with van der Waals surface area (Å²) >= 11 is 0. The molecule has 1 saturated carbocycles. The number of hydrazone groups is 1. The molecular weight excluding hydrogens is 466 g/mol. The molecule has 3 rings (SSSR count). The van der Waals surface area contributed by atoms with Gasteiger partial charge in [-0.2, -0.15) is 5.10 Å². The molecule has 1 aliphatic heterocycles.